The summed E-state index contributed by atoms with van der Waals surface area (Å²) in [5.74, 6) is 0.534. The maximum atomic E-state index is 12.2. The van der Waals surface area contributed by atoms with Crippen molar-refractivity contribution in [1.82, 2.24) is 20.0 Å². The minimum atomic E-state index is -0.0544. The fraction of sp³-hybridized carbons (Fsp3) is 0.429. The van der Waals surface area contributed by atoms with Gasteiger partial charge in [-0.3, -0.25) is 4.79 Å². The summed E-state index contributed by atoms with van der Waals surface area (Å²) in [4.78, 5) is 16.5. The molecule has 1 amide bonds. The molecular formula is C14H16N4O. The Labute approximate surface area is 111 Å². The second-order valence-electron chi connectivity index (χ2n) is 5.53. The predicted octanol–water partition coefficient (Wildman–Crippen LogP) is 0.814. The number of nitrogens with one attached hydrogen (secondary N) is 2. The highest BCUT2D eigenvalue weighted by Gasteiger charge is 2.40. The average Bonchev–Trinajstić information content (AvgIpc) is 3.13. The highest BCUT2D eigenvalue weighted by Crippen LogP contribution is 2.31. The van der Waals surface area contributed by atoms with Gasteiger partial charge in [-0.25, -0.2) is 4.98 Å². The maximum absolute atomic E-state index is 12.2. The SMILES string of the molecule is O=C(N[C@H]1C[C@H]2C[C@H]1CN2)c1cc2cccn2cn1. The number of piperidine rings is 1. The van der Waals surface area contributed by atoms with Crippen LogP contribution < -0.4 is 10.6 Å². The first-order chi connectivity index (χ1) is 9.29. The summed E-state index contributed by atoms with van der Waals surface area (Å²) in [6, 6.07) is 6.65. The summed E-state index contributed by atoms with van der Waals surface area (Å²) in [5, 5.41) is 6.58. The molecule has 1 aliphatic carbocycles. The van der Waals surface area contributed by atoms with Gasteiger partial charge in [0.15, 0.2) is 0 Å². The number of fused-ring (bicyclic) bond motifs is 3. The van der Waals surface area contributed by atoms with Crippen LogP contribution in [0.4, 0.5) is 0 Å². The minimum absolute atomic E-state index is 0.0544. The van der Waals surface area contributed by atoms with Crippen molar-refractivity contribution in [2.24, 2.45) is 5.92 Å². The van der Waals surface area contributed by atoms with E-state index in [0.29, 0.717) is 23.7 Å². The van der Waals surface area contributed by atoms with Gasteiger partial charge in [0.25, 0.3) is 5.91 Å². The van der Waals surface area contributed by atoms with Crippen molar-refractivity contribution >= 4 is 11.4 Å². The molecule has 1 saturated carbocycles. The minimum Gasteiger partial charge on any atom is -0.348 e. The van der Waals surface area contributed by atoms with Gasteiger partial charge in [0.1, 0.15) is 5.69 Å². The van der Waals surface area contributed by atoms with Gasteiger partial charge in [0.05, 0.1) is 6.33 Å². The summed E-state index contributed by atoms with van der Waals surface area (Å²) in [7, 11) is 0. The first kappa shape index (κ1) is 11.0. The molecule has 1 aliphatic heterocycles. The van der Waals surface area contributed by atoms with E-state index in [1.165, 1.54) is 6.42 Å². The van der Waals surface area contributed by atoms with Crippen LogP contribution in [0.15, 0.2) is 30.7 Å². The third kappa shape index (κ3) is 1.81. The van der Waals surface area contributed by atoms with E-state index in [9.17, 15) is 4.79 Å². The van der Waals surface area contributed by atoms with Crippen molar-refractivity contribution in [2.75, 3.05) is 6.54 Å². The Balaban J connectivity index is 1.53. The van der Waals surface area contributed by atoms with E-state index in [2.05, 4.69) is 15.6 Å². The molecule has 5 nitrogen and oxygen atoms in total. The molecule has 3 heterocycles. The van der Waals surface area contributed by atoms with Crippen molar-refractivity contribution in [1.29, 1.82) is 0 Å². The van der Waals surface area contributed by atoms with E-state index in [-0.39, 0.29) is 5.91 Å². The highest BCUT2D eigenvalue weighted by atomic mass is 16.1. The van der Waals surface area contributed by atoms with E-state index < -0.39 is 0 Å². The number of carbonyl (C=O) groups is 1. The second-order valence-corrected chi connectivity index (χ2v) is 5.53. The normalized spacial score (nSPS) is 28.9. The average molecular weight is 256 g/mol. The zero-order valence-electron chi connectivity index (χ0n) is 10.5. The van der Waals surface area contributed by atoms with Crippen LogP contribution >= 0.6 is 0 Å². The van der Waals surface area contributed by atoms with Gasteiger partial charge in [0.2, 0.25) is 0 Å². The lowest BCUT2D eigenvalue weighted by molar-refractivity contribution is 0.0920. The van der Waals surface area contributed by atoms with Crippen LogP contribution in [0.5, 0.6) is 0 Å². The van der Waals surface area contributed by atoms with Crippen LogP contribution in [0, 0.1) is 5.92 Å². The molecule has 0 spiro atoms. The second kappa shape index (κ2) is 4.06. The molecule has 0 radical (unpaired) electrons. The van der Waals surface area contributed by atoms with Gasteiger partial charge < -0.3 is 15.0 Å². The number of hydrogen-bond donors (Lipinski definition) is 2. The van der Waals surface area contributed by atoms with E-state index in [1.54, 1.807) is 6.33 Å². The summed E-state index contributed by atoms with van der Waals surface area (Å²) in [6.07, 6.45) is 5.85. The molecule has 2 N–H and O–H groups in total. The number of rotatable bonds is 2. The molecule has 5 heteroatoms. The van der Waals surface area contributed by atoms with Gasteiger partial charge in [-0.15, -0.1) is 0 Å². The fourth-order valence-corrected chi connectivity index (χ4v) is 3.31. The van der Waals surface area contributed by atoms with Gasteiger partial charge in [-0.2, -0.15) is 0 Å². The standard InChI is InChI=1S/C14H16N4O/c19-14(17-12-5-10-4-9(12)7-15-10)13-6-11-2-1-3-18(11)8-16-13/h1-3,6,8-10,12,15H,4-5,7H2,(H,17,19)/t9-,10+,12-/m0/s1. The molecule has 19 heavy (non-hydrogen) atoms. The van der Waals surface area contributed by atoms with Crippen LogP contribution in [-0.2, 0) is 0 Å². The number of carbonyl (C=O) groups excluding carboxylic acids is 1. The highest BCUT2D eigenvalue weighted by molar-refractivity contribution is 5.93. The Morgan fingerprint density at radius 3 is 3.21 bits per heavy atom. The molecule has 2 aliphatic rings. The molecule has 0 aromatic carbocycles. The molecule has 98 valence electrons. The third-order valence-corrected chi connectivity index (χ3v) is 4.33. The van der Waals surface area contributed by atoms with Crippen LogP contribution in [0.3, 0.4) is 0 Å². The van der Waals surface area contributed by atoms with Crippen LogP contribution in [0.25, 0.3) is 5.52 Å². The predicted molar refractivity (Wildman–Crippen MR) is 71.0 cm³/mol. The zero-order chi connectivity index (χ0) is 12.8. The largest absolute Gasteiger partial charge is 0.348 e. The monoisotopic (exact) mass is 256 g/mol. The molecule has 1 saturated heterocycles. The summed E-state index contributed by atoms with van der Waals surface area (Å²) < 4.78 is 1.90. The van der Waals surface area contributed by atoms with Gasteiger partial charge >= 0.3 is 0 Å². The first-order valence-electron chi connectivity index (χ1n) is 6.76. The molecule has 3 atom stereocenters. The maximum Gasteiger partial charge on any atom is 0.270 e. The summed E-state index contributed by atoms with van der Waals surface area (Å²) in [5.41, 5.74) is 1.50. The summed E-state index contributed by atoms with van der Waals surface area (Å²) >= 11 is 0. The van der Waals surface area contributed by atoms with E-state index >= 15 is 0 Å². The van der Waals surface area contributed by atoms with Crippen molar-refractivity contribution in [2.45, 2.75) is 24.9 Å². The Hall–Kier alpha value is -1.88. The lowest BCUT2D eigenvalue weighted by atomic mass is 10.0. The van der Waals surface area contributed by atoms with Crippen molar-refractivity contribution in [3.63, 3.8) is 0 Å². The zero-order valence-corrected chi connectivity index (χ0v) is 10.5. The van der Waals surface area contributed by atoms with E-state index in [1.807, 2.05) is 28.8 Å². The molecular weight excluding hydrogens is 240 g/mol. The Morgan fingerprint density at radius 1 is 1.47 bits per heavy atom. The van der Waals surface area contributed by atoms with Crippen LogP contribution in [0.2, 0.25) is 0 Å². The molecule has 0 unspecified atom stereocenters. The molecule has 4 rings (SSSR count). The molecule has 2 fully saturated rings. The first-order valence-corrected chi connectivity index (χ1v) is 6.76. The van der Waals surface area contributed by atoms with E-state index in [0.717, 1.165) is 18.5 Å². The quantitative estimate of drug-likeness (QED) is 0.836. The molecule has 2 bridgehead atoms. The number of hydrogen-bond acceptors (Lipinski definition) is 3. The molecule has 2 aromatic rings. The fourth-order valence-electron chi connectivity index (χ4n) is 3.31. The third-order valence-electron chi connectivity index (χ3n) is 4.33. The van der Waals surface area contributed by atoms with Gasteiger partial charge in [-0.05, 0) is 37.0 Å². The number of nitrogens with zero attached hydrogens (tertiary/aromatic N) is 2. The smallest absolute Gasteiger partial charge is 0.270 e. The van der Waals surface area contributed by atoms with Crippen molar-refractivity contribution in [3.8, 4) is 0 Å². The Bertz CT molecular complexity index is 635. The lowest BCUT2D eigenvalue weighted by Crippen LogP contribution is -2.44. The lowest BCUT2D eigenvalue weighted by Gasteiger charge is -2.23. The van der Waals surface area contributed by atoms with Crippen LogP contribution in [0.1, 0.15) is 23.3 Å². The Morgan fingerprint density at radius 2 is 2.42 bits per heavy atom. The number of amides is 1. The number of aromatic nitrogens is 2. The molecule has 2 aromatic heterocycles. The Kier molecular flexibility index (Phi) is 2.35. The van der Waals surface area contributed by atoms with Gasteiger partial charge in [0, 0.05) is 30.3 Å². The van der Waals surface area contributed by atoms with E-state index in [4.69, 9.17) is 0 Å². The van der Waals surface area contributed by atoms with Crippen LogP contribution in [-0.4, -0.2) is 33.9 Å². The van der Waals surface area contributed by atoms with Gasteiger partial charge in [-0.1, -0.05) is 0 Å². The van der Waals surface area contributed by atoms with Crippen molar-refractivity contribution in [3.05, 3.63) is 36.4 Å². The van der Waals surface area contributed by atoms with Crippen molar-refractivity contribution < 1.29 is 4.79 Å². The summed E-state index contributed by atoms with van der Waals surface area (Å²) in [6.45, 7) is 1.03. The topological polar surface area (TPSA) is 58.4 Å².